The molecule has 0 unspecified atom stereocenters. The number of nitrogens with zero attached hydrogens (tertiary/aromatic N) is 3. The Morgan fingerprint density at radius 1 is 1.37 bits per heavy atom. The molecule has 1 N–H and O–H groups in total. The van der Waals surface area contributed by atoms with Crippen LogP contribution in [0.4, 0.5) is 0 Å². The molecule has 1 saturated heterocycles. The van der Waals surface area contributed by atoms with Crippen molar-refractivity contribution in [1.29, 1.82) is 0 Å². The van der Waals surface area contributed by atoms with Crippen LogP contribution in [-0.4, -0.2) is 41.2 Å². The van der Waals surface area contributed by atoms with Gasteiger partial charge in [0.1, 0.15) is 5.76 Å². The summed E-state index contributed by atoms with van der Waals surface area (Å²) in [7, 11) is 0. The quantitative estimate of drug-likeness (QED) is 0.902. The molecule has 2 aromatic heterocycles. The van der Waals surface area contributed by atoms with Crippen LogP contribution in [0, 0.1) is 6.92 Å². The van der Waals surface area contributed by atoms with Gasteiger partial charge in [0.05, 0.1) is 18.4 Å². The molecule has 3 heterocycles. The lowest BCUT2D eigenvalue weighted by atomic mass is 10.2. The fourth-order valence-electron chi connectivity index (χ4n) is 2.30. The predicted molar refractivity (Wildman–Crippen MR) is 69.5 cm³/mol. The molecule has 102 valence electrons. The third kappa shape index (κ3) is 2.85. The van der Waals surface area contributed by atoms with E-state index in [1.807, 2.05) is 13.0 Å². The molecule has 3 rings (SSSR count). The summed E-state index contributed by atoms with van der Waals surface area (Å²) in [6.07, 6.45) is 2.79. The van der Waals surface area contributed by atoms with Crippen molar-refractivity contribution in [2.75, 3.05) is 26.2 Å². The van der Waals surface area contributed by atoms with E-state index in [-0.39, 0.29) is 0 Å². The summed E-state index contributed by atoms with van der Waals surface area (Å²) in [6, 6.07) is 1.86. The molecule has 0 aliphatic carbocycles. The van der Waals surface area contributed by atoms with Gasteiger partial charge in [-0.2, -0.15) is 4.98 Å². The van der Waals surface area contributed by atoms with Gasteiger partial charge in [-0.15, -0.1) is 0 Å². The Morgan fingerprint density at radius 3 is 3.16 bits per heavy atom. The van der Waals surface area contributed by atoms with Crippen molar-refractivity contribution in [3.63, 3.8) is 0 Å². The lowest BCUT2D eigenvalue weighted by molar-refractivity contribution is 0.239. The summed E-state index contributed by atoms with van der Waals surface area (Å²) in [5.41, 5.74) is 0.896. The average Bonchev–Trinajstić information content (AvgIpc) is 2.93. The minimum absolute atomic E-state index is 0.606. The van der Waals surface area contributed by atoms with Crippen molar-refractivity contribution in [2.24, 2.45) is 0 Å². The second kappa shape index (κ2) is 5.54. The van der Waals surface area contributed by atoms with Gasteiger partial charge in [0, 0.05) is 13.1 Å². The zero-order chi connectivity index (χ0) is 13.1. The number of furan rings is 1. The highest BCUT2D eigenvalue weighted by Gasteiger charge is 2.16. The second-order valence-electron chi connectivity index (χ2n) is 4.78. The molecule has 1 aliphatic rings. The first-order valence-corrected chi connectivity index (χ1v) is 6.63. The Labute approximate surface area is 111 Å². The first-order chi connectivity index (χ1) is 9.33. The third-order valence-electron chi connectivity index (χ3n) is 3.36. The fraction of sp³-hybridized carbons (Fsp3) is 0.538. The maximum absolute atomic E-state index is 5.32. The number of hydrogen-bond acceptors (Lipinski definition) is 6. The summed E-state index contributed by atoms with van der Waals surface area (Å²) >= 11 is 0. The molecular formula is C13H18N4O2. The van der Waals surface area contributed by atoms with E-state index in [0.717, 1.165) is 43.9 Å². The van der Waals surface area contributed by atoms with Gasteiger partial charge < -0.3 is 14.3 Å². The molecule has 0 aromatic carbocycles. The summed E-state index contributed by atoms with van der Waals surface area (Å²) in [6.45, 7) is 6.79. The predicted octanol–water partition coefficient (Wildman–Crippen LogP) is 1.43. The van der Waals surface area contributed by atoms with Crippen LogP contribution in [0.5, 0.6) is 0 Å². The van der Waals surface area contributed by atoms with Crippen molar-refractivity contribution in [1.82, 2.24) is 20.4 Å². The van der Waals surface area contributed by atoms with Gasteiger partial charge in [-0.25, -0.2) is 0 Å². The standard InChI is InChI=1S/C13H18N4O2/c1-10-11(3-8-18-10)13-15-12(19-16-13)9-17-6-2-4-14-5-7-17/h3,8,14H,2,4-7,9H2,1H3. The molecule has 2 aromatic rings. The SMILES string of the molecule is Cc1occc1-c1noc(CN2CCCNCC2)n1. The minimum atomic E-state index is 0.606. The van der Waals surface area contributed by atoms with E-state index in [9.17, 15) is 0 Å². The second-order valence-corrected chi connectivity index (χ2v) is 4.78. The summed E-state index contributed by atoms with van der Waals surface area (Å²) < 4.78 is 10.6. The topological polar surface area (TPSA) is 67.3 Å². The maximum Gasteiger partial charge on any atom is 0.241 e. The minimum Gasteiger partial charge on any atom is -0.469 e. The van der Waals surface area contributed by atoms with Gasteiger partial charge in [-0.1, -0.05) is 5.16 Å². The first kappa shape index (κ1) is 12.4. The van der Waals surface area contributed by atoms with Crippen molar-refractivity contribution in [3.05, 3.63) is 24.0 Å². The highest BCUT2D eigenvalue weighted by Crippen LogP contribution is 2.21. The third-order valence-corrected chi connectivity index (χ3v) is 3.36. The summed E-state index contributed by atoms with van der Waals surface area (Å²) in [5.74, 6) is 2.08. The van der Waals surface area contributed by atoms with E-state index in [4.69, 9.17) is 8.94 Å². The van der Waals surface area contributed by atoms with Crippen LogP contribution in [0.1, 0.15) is 18.1 Å². The molecule has 0 spiro atoms. The van der Waals surface area contributed by atoms with E-state index in [1.54, 1.807) is 6.26 Å². The molecule has 1 aliphatic heterocycles. The Balaban J connectivity index is 1.69. The molecule has 0 radical (unpaired) electrons. The first-order valence-electron chi connectivity index (χ1n) is 6.63. The van der Waals surface area contributed by atoms with Gasteiger partial charge in [-0.3, -0.25) is 4.90 Å². The Hall–Kier alpha value is -1.66. The van der Waals surface area contributed by atoms with Crippen LogP contribution in [0.2, 0.25) is 0 Å². The van der Waals surface area contributed by atoms with Gasteiger partial charge in [0.2, 0.25) is 11.7 Å². The van der Waals surface area contributed by atoms with Crippen LogP contribution in [-0.2, 0) is 6.54 Å². The molecule has 0 atom stereocenters. The number of rotatable bonds is 3. The maximum atomic E-state index is 5.32. The van der Waals surface area contributed by atoms with Gasteiger partial charge in [0.15, 0.2) is 0 Å². The molecule has 6 nitrogen and oxygen atoms in total. The van der Waals surface area contributed by atoms with Gasteiger partial charge >= 0.3 is 0 Å². The Morgan fingerprint density at radius 2 is 2.32 bits per heavy atom. The molecule has 0 saturated carbocycles. The molecule has 0 bridgehead atoms. The van der Waals surface area contributed by atoms with E-state index in [2.05, 4.69) is 20.4 Å². The van der Waals surface area contributed by atoms with Crippen LogP contribution in [0.3, 0.4) is 0 Å². The molecule has 0 amide bonds. The molecule has 6 heteroatoms. The van der Waals surface area contributed by atoms with Gasteiger partial charge in [0.25, 0.3) is 0 Å². The zero-order valence-electron chi connectivity index (χ0n) is 11.1. The molecular weight excluding hydrogens is 244 g/mol. The molecule has 19 heavy (non-hydrogen) atoms. The summed E-state index contributed by atoms with van der Waals surface area (Å²) in [4.78, 5) is 6.77. The van der Waals surface area contributed by atoms with Gasteiger partial charge in [-0.05, 0) is 32.5 Å². The van der Waals surface area contributed by atoms with E-state index < -0.39 is 0 Å². The van der Waals surface area contributed by atoms with E-state index in [0.29, 0.717) is 18.3 Å². The van der Waals surface area contributed by atoms with Crippen LogP contribution >= 0.6 is 0 Å². The van der Waals surface area contributed by atoms with Crippen molar-refractivity contribution < 1.29 is 8.94 Å². The normalized spacial score (nSPS) is 17.5. The fourth-order valence-corrected chi connectivity index (χ4v) is 2.30. The van der Waals surface area contributed by atoms with Crippen molar-refractivity contribution in [3.8, 4) is 11.4 Å². The number of aromatic nitrogens is 2. The summed E-state index contributed by atoms with van der Waals surface area (Å²) in [5, 5.41) is 7.40. The average molecular weight is 262 g/mol. The zero-order valence-corrected chi connectivity index (χ0v) is 11.1. The molecule has 1 fully saturated rings. The lowest BCUT2D eigenvalue weighted by Crippen LogP contribution is -2.27. The van der Waals surface area contributed by atoms with E-state index >= 15 is 0 Å². The number of aryl methyl sites for hydroxylation is 1. The number of hydrogen-bond donors (Lipinski definition) is 1. The number of nitrogens with one attached hydrogen (secondary N) is 1. The smallest absolute Gasteiger partial charge is 0.241 e. The van der Waals surface area contributed by atoms with E-state index in [1.165, 1.54) is 0 Å². The largest absolute Gasteiger partial charge is 0.469 e. The highest BCUT2D eigenvalue weighted by molar-refractivity contribution is 5.55. The van der Waals surface area contributed by atoms with Crippen LogP contribution in [0.15, 0.2) is 21.3 Å². The monoisotopic (exact) mass is 262 g/mol. The Kier molecular flexibility index (Phi) is 3.61. The van der Waals surface area contributed by atoms with Crippen LogP contribution in [0.25, 0.3) is 11.4 Å². The van der Waals surface area contributed by atoms with Crippen molar-refractivity contribution >= 4 is 0 Å². The van der Waals surface area contributed by atoms with Crippen molar-refractivity contribution in [2.45, 2.75) is 19.9 Å². The lowest BCUT2D eigenvalue weighted by Gasteiger charge is -2.16. The van der Waals surface area contributed by atoms with Crippen LogP contribution < -0.4 is 5.32 Å². The Bertz CT molecular complexity index is 526. The highest BCUT2D eigenvalue weighted by atomic mass is 16.5.